The number of hydrogen-bond acceptors (Lipinski definition) is 6. The number of hydrogen-bond donors (Lipinski definition) is 0. The summed E-state index contributed by atoms with van der Waals surface area (Å²) in [6, 6.07) is 7.13. The van der Waals surface area contributed by atoms with Crippen LogP contribution in [0.2, 0.25) is 0 Å². The fourth-order valence-electron chi connectivity index (χ4n) is 3.74. The second kappa shape index (κ2) is 10.3. The Morgan fingerprint density at radius 3 is 2.61 bits per heavy atom. The van der Waals surface area contributed by atoms with Crippen molar-refractivity contribution in [2.24, 2.45) is 0 Å². The fourth-order valence-corrected chi connectivity index (χ4v) is 3.74. The van der Waals surface area contributed by atoms with Crippen LogP contribution in [0.25, 0.3) is 6.08 Å². The molecule has 2 aromatic rings. The normalized spacial score (nSPS) is 15.9. The summed E-state index contributed by atoms with van der Waals surface area (Å²) < 4.78 is 23.4. The molecule has 1 fully saturated rings. The molecule has 0 saturated carbocycles. The van der Waals surface area contributed by atoms with Crippen LogP contribution in [0.4, 0.5) is 0 Å². The number of carbonyl (C=O) groups is 2. The highest BCUT2D eigenvalue weighted by molar-refractivity contribution is 6.00. The van der Waals surface area contributed by atoms with E-state index in [4.69, 9.17) is 18.9 Å². The molecule has 0 aliphatic carbocycles. The van der Waals surface area contributed by atoms with Gasteiger partial charge in [0.1, 0.15) is 0 Å². The Kier molecular flexibility index (Phi) is 7.52. The summed E-state index contributed by atoms with van der Waals surface area (Å²) in [5.41, 5.74) is 3.19. The number of ether oxygens (including phenoxy) is 4. The summed E-state index contributed by atoms with van der Waals surface area (Å²) >= 11 is 0. The SMILES string of the molecule is COc1ccc(/C=C/C(=O)OCC(=O)c2cc(C)n(C[C@@H]3CCCO3)c2C)cc1OC. The average Bonchev–Trinajstić information content (AvgIpc) is 3.39. The van der Waals surface area contributed by atoms with Crippen LogP contribution in [0.3, 0.4) is 0 Å². The van der Waals surface area contributed by atoms with E-state index in [-0.39, 0.29) is 18.5 Å². The molecule has 1 aliphatic rings. The number of aromatic nitrogens is 1. The van der Waals surface area contributed by atoms with E-state index < -0.39 is 5.97 Å². The van der Waals surface area contributed by atoms with E-state index in [2.05, 4.69) is 4.57 Å². The minimum Gasteiger partial charge on any atom is -0.493 e. The molecule has 166 valence electrons. The van der Waals surface area contributed by atoms with Gasteiger partial charge in [-0.3, -0.25) is 4.79 Å². The molecule has 0 spiro atoms. The molecule has 0 radical (unpaired) electrons. The summed E-state index contributed by atoms with van der Waals surface area (Å²) in [6.07, 6.45) is 5.18. The van der Waals surface area contributed by atoms with Crippen molar-refractivity contribution in [2.45, 2.75) is 39.3 Å². The van der Waals surface area contributed by atoms with E-state index in [0.717, 1.165) is 42.9 Å². The molecule has 2 heterocycles. The van der Waals surface area contributed by atoms with Crippen LogP contribution in [0, 0.1) is 13.8 Å². The van der Waals surface area contributed by atoms with Gasteiger partial charge in [-0.25, -0.2) is 4.79 Å². The van der Waals surface area contributed by atoms with Crippen LogP contribution in [0.1, 0.15) is 40.2 Å². The first kappa shape index (κ1) is 22.6. The van der Waals surface area contributed by atoms with Crippen LogP contribution in [-0.2, 0) is 20.8 Å². The molecule has 0 N–H and O–H groups in total. The number of rotatable bonds is 9. The molecular weight excluding hydrogens is 398 g/mol. The Bertz CT molecular complexity index is 969. The Hall–Kier alpha value is -3.06. The predicted octanol–water partition coefficient (Wildman–Crippen LogP) is 3.74. The van der Waals surface area contributed by atoms with Crippen LogP contribution < -0.4 is 9.47 Å². The molecule has 1 aromatic carbocycles. The van der Waals surface area contributed by atoms with Gasteiger partial charge in [0.25, 0.3) is 0 Å². The number of methoxy groups -OCH3 is 2. The van der Waals surface area contributed by atoms with Crippen molar-refractivity contribution < 1.29 is 28.5 Å². The number of esters is 1. The average molecular weight is 427 g/mol. The zero-order valence-electron chi connectivity index (χ0n) is 18.5. The van der Waals surface area contributed by atoms with Crippen molar-refractivity contribution in [2.75, 3.05) is 27.4 Å². The molecule has 1 aliphatic heterocycles. The van der Waals surface area contributed by atoms with E-state index >= 15 is 0 Å². The molecule has 31 heavy (non-hydrogen) atoms. The second-order valence-electron chi connectivity index (χ2n) is 7.51. The minimum atomic E-state index is -0.587. The maximum atomic E-state index is 12.6. The largest absolute Gasteiger partial charge is 0.493 e. The van der Waals surface area contributed by atoms with Gasteiger partial charge in [-0.05, 0) is 56.5 Å². The summed E-state index contributed by atoms with van der Waals surface area (Å²) in [5, 5.41) is 0. The maximum Gasteiger partial charge on any atom is 0.331 e. The van der Waals surface area contributed by atoms with Crippen molar-refractivity contribution >= 4 is 17.8 Å². The lowest BCUT2D eigenvalue weighted by Gasteiger charge is -2.14. The Morgan fingerprint density at radius 1 is 1.16 bits per heavy atom. The highest BCUT2D eigenvalue weighted by atomic mass is 16.5. The second-order valence-corrected chi connectivity index (χ2v) is 7.51. The van der Waals surface area contributed by atoms with E-state index in [1.807, 2.05) is 19.9 Å². The zero-order chi connectivity index (χ0) is 22.4. The van der Waals surface area contributed by atoms with Crippen molar-refractivity contribution in [3.05, 3.63) is 52.9 Å². The number of Topliss-reactive ketones (excluding diaryl/α,β-unsaturated/α-hetero) is 1. The molecule has 3 rings (SSSR count). The van der Waals surface area contributed by atoms with Crippen LogP contribution >= 0.6 is 0 Å². The Morgan fingerprint density at radius 2 is 1.94 bits per heavy atom. The molecule has 0 bridgehead atoms. The first-order valence-electron chi connectivity index (χ1n) is 10.3. The van der Waals surface area contributed by atoms with Gasteiger partial charge >= 0.3 is 5.97 Å². The molecule has 0 amide bonds. The van der Waals surface area contributed by atoms with Crippen molar-refractivity contribution in [1.29, 1.82) is 0 Å². The predicted molar refractivity (Wildman–Crippen MR) is 117 cm³/mol. The first-order chi connectivity index (χ1) is 14.9. The summed E-state index contributed by atoms with van der Waals surface area (Å²) in [7, 11) is 3.10. The molecule has 1 atom stereocenters. The van der Waals surface area contributed by atoms with E-state index in [1.54, 1.807) is 38.5 Å². The molecule has 7 heteroatoms. The third-order valence-corrected chi connectivity index (χ3v) is 5.45. The lowest BCUT2D eigenvalue weighted by molar-refractivity contribution is -0.136. The van der Waals surface area contributed by atoms with Gasteiger partial charge in [0.2, 0.25) is 5.78 Å². The van der Waals surface area contributed by atoms with E-state index in [9.17, 15) is 9.59 Å². The van der Waals surface area contributed by atoms with Crippen LogP contribution in [0.15, 0.2) is 30.3 Å². The smallest absolute Gasteiger partial charge is 0.331 e. The van der Waals surface area contributed by atoms with Gasteiger partial charge in [0.15, 0.2) is 18.1 Å². The summed E-state index contributed by atoms with van der Waals surface area (Å²) in [4.78, 5) is 24.7. The van der Waals surface area contributed by atoms with Gasteiger partial charge in [-0.15, -0.1) is 0 Å². The van der Waals surface area contributed by atoms with Gasteiger partial charge in [-0.2, -0.15) is 0 Å². The molecule has 1 aromatic heterocycles. The highest BCUT2D eigenvalue weighted by Crippen LogP contribution is 2.28. The molecular formula is C24H29NO6. The monoisotopic (exact) mass is 427 g/mol. The minimum absolute atomic E-state index is 0.187. The van der Waals surface area contributed by atoms with Gasteiger partial charge in [-0.1, -0.05) is 6.07 Å². The Balaban J connectivity index is 1.58. The van der Waals surface area contributed by atoms with E-state index in [1.165, 1.54) is 6.08 Å². The first-order valence-corrected chi connectivity index (χ1v) is 10.3. The number of nitrogens with zero attached hydrogens (tertiary/aromatic N) is 1. The number of benzene rings is 1. The van der Waals surface area contributed by atoms with Gasteiger partial charge in [0, 0.05) is 36.2 Å². The van der Waals surface area contributed by atoms with Crippen LogP contribution in [-0.4, -0.2) is 49.9 Å². The van der Waals surface area contributed by atoms with Gasteiger partial charge in [0.05, 0.1) is 20.3 Å². The van der Waals surface area contributed by atoms with E-state index in [0.29, 0.717) is 17.1 Å². The lowest BCUT2D eigenvalue weighted by atomic mass is 10.1. The molecule has 0 unspecified atom stereocenters. The summed E-state index contributed by atoms with van der Waals surface area (Å²) in [5.74, 6) is 0.354. The maximum absolute atomic E-state index is 12.6. The third kappa shape index (κ3) is 5.55. The standard InChI is InChI=1S/C24H29NO6/c1-16-12-20(17(2)25(16)14-19-6-5-11-30-19)21(26)15-31-24(27)10-8-18-7-9-22(28-3)23(13-18)29-4/h7-10,12-13,19H,5-6,11,14-15H2,1-4H3/b10-8+/t19-/m0/s1. The van der Waals surface area contributed by atoms with Crippen LogP contribution in [0.5, 0.6) is 11.5 Å². The van der Waals surface area contributed by atoms with Crippen molar-refractivity contribution in [1.82, 2.24) is 4.57 Å². The number of ketones is 1. The lowest BCUT2D eigenvalue weighted by Crippen LogP contribution is -2.18. The highest BCUT2D eigenvalue weighted by Gasteiger charge is 2.21. The van der Waals surface area contributed by atoms with Gasteiger partial charge < -0.3 is 23.5 Å². The Labute approximate surface area is 182 Å². The zero-order valence-corrected chi connectivity index (χ0v) is 18.5. The van der Waals surface area contributed by atoms with Crippen molar-refractivity contribution in [3.63, 3.8) is 0 Å². The molecule has 1 saturated heterocycles. The number of aryl methyl sites for hydroxylation is 1. The number of carbonyl (C=O) groups excluding carboxylic acids is 2. The van der Waals surface area contributed by atoms with Crippen molar-refractivity contribution in [3.8, 4) is 11.5 Å². The quantitative estimate of drug-likeness (QED) is 0.345. The fraction of sp³-hybridized carbons (Fsp3) is 0.417. The molecule has 7 nitrogen and oxygen atoms in total. The topological polar surface area (TPSA) is 76.0 Å². The third-order valence-electron chi connectivity index (χ3n) is 5.45. The summed E-state index contributed by atoms with van der Waals surface area (Å²) in [6.45, 7) is 5.10.